The van der Waals surface area contributed by atoms with Gasteiger partial charge >= 0.3 is 5.97 Å². The number of carboxylic acids is 1. The van der Waals surface area contributed by atoms with Crippen molar-refractivity contribution in [3.63, 3.8) is 0 Å². The van der Waals surface area contributed by atoms with Gasteiger partial charge in [0.05, 0.1) is 18.1 Å². The van der Waals surface area contributed by atoms with E-state index in [-0.39, 0.29) is 18.3 Å². The first-order valence-electron chi connectivity index (χ1n) is 4.65. The summed E-state index contributed by atoms with van der Waals surface area (Å²) in [4.78, 5) is 10.7. The Bertz CT molecular complexity index is 236. The van der Waals surface area contributed by atoms with Gasteiger partial charge in [-0.15, -0.1) is 0 Å². The van der Waals surface area contributed by atoms with E-state index in [1.807, 2.05) is 13.0 Å². The van der Waals surface area contributed by atoms with Crippen molar-refractivity contribution >= 4 is 5.97 Å². The highest BCUT2D eigenvalue weighted by Crippen LogP contribution is 2.20. The number of methoxy groups -OCH3 is 1. The molecule has 0 radical (unpaired) electrons. The molecule has 80 valence electrons. The van der Waals surface area contributed by atoms with Gasteiger partial charge in [-0.3, -0.25) is 4.79 Å². The zero-order valence-electron chi connectivity index (χ0n) is 8.64. The number of carbonyl (C=O) groups is 1. The minimum Gasteiger partial charge on any atom is -0.481 e. The van der Waals surface area contributed by atoms with Crippen molar-refractivity contribution in [2.24, 2.45) is 5.92 Å². The molecule has 4 atom stereocenters. The first-order valence-corrected chi connectivity index (χ1v) is 4.65. The Hall–Kier alpha value is -0.870. The third-order valence-electron chi connectivity index (χ3n) is 2.48. The van der Waals surface area contributed by atoms with Crippen LogP contribution in [0.2, 0.25) is 0 Å². The van der Waals surface area contributed by atoms with E-state index in [0.717, 1.165) is 0 Å². The van der Waals surface area contributed by atoms with Crippen LogP contribution in [0.3, 0.4) is 0 Å². The van der Waals surface area contributed by atoms with Crippen LogP contribution < -0.4 is 0 Å². The predicted molar refractivity (Wildman–Crippen MR) is 51.1 cm³/mol. The quantitative estimate of drug-likeness (QED) is 0.692. The summed E-state index contributed by atoms with van der Waals surface area (Å²) < 4.78 is 10.7. The molecule has 0 aromatic heterocycles. The highest BCUT2D eigenvalue weighted by molar-refractivity contribution is 5.70. The van der Waals surface area contributed by atoms with Crippen molar-refractivity contribution in [2.45, 2.75) is 32.2 Å². The van der Waals surface area contributed by atoms with E-state index < -0.39 is 11.9 Å². The molecule has 1 aliphatic heterocycles. The largest absolute Gasteiger partial charge is 0.481 e. The molecule has 0 amide bonds. The minimum absolute atomic E-state index is 0.0766. The molecule has 0 aromatic rings. The smallest absolute Gasteiger partial charge is 0.309 e. The monoisotopic (exact) mass is 200 g/mol. The average molecular weight is 200 g/mol. The summed E-state index contributed by atoms with van der Waals surface area (Å²) in [7, 11) is 1.61. The van der Waals surface area contributed by atoms with Gasteiger partial charge in [-0.2, -0.15) is 0 Å². The van der Waals surface area contributed by atoms with Crippen LogP contribution >= 0.6 is 0 Å². The first kappa shape index (κ1) is 11.2. The molecule has 1 N–H and O–H groups in total. The van der Waals surface area contributed by atoms with E-state index >= 15 is 0 Å². The summed E-state index contributed by atoms with van der Waals surface area (Å²) in [5, 5.41) is 8.80. The zero-order valence-corrected chi connectivity index (χ0v) is 8.64. The Morgan fingerprint density at radius 2 is 2.21 bits per heavy atom. The fraction of sp³-hybridized carbons (Fsp3) is 0.700. The lowest BCUT2D eigenvalue weighted by Crippen LogP contribution is -2.38. The second-order valence-electron chi connectivity index (χ2n) is 3.52. The van der Waals surface area contributed by atoms with Gasteiger partial charge in [-0.1, -0.05) is 12.2 Å². The summed E-state index contributed by atoms with van der Waals surface area (Å²) >= 11 is 0. The molecule has 4 heteroatoms. The molecular weight excluding hydrogens is 184 g/mol. The van der Waals surface area contributed by atoms with Crippen LogP contribution in [0, 0.1) is 5.92 Å². The molecule has 1 heterocycles. The van der Waals surface area contributed by atoms with Crippen LogP contribution in [0.15, 0.2) is 12.2 Å². The van der Waals surface area contributed by atoms with Crippen molar-refractivity contribution in [1.29, 1.82) is 0 Å². The Morgan fingerprint density at radius 3 is 2.64 bits per heavy atom. The molecular formula is C10H16O4. The number of carboxylic acid groups (broad SMARTS) is 1. The van der Waals surface area contributed by atoms with E-state index in [9.17, 15) is 4.79 Å². The van der Waals surface area contributed by atoms with Crippen LogP contribution in [-0.4, -0.2) is 36.5 Å². The van der Waals surface area contributed by atoms with Gasteiger partial charge in [0, 0.05) is 7.11 Å². The fourth-order valence-electron chi connectivity index (χ4n) is 1.44. The lowest BCUT2D eigenvalue weighted by molar-refractivity contribution is -0.149. The van der Waals surface area contributed by atoms with E-state index in [2.05, 4.69) is 0 Å². The maximum absolute atomic E-state index is 10.7. The Morgan fingerprint density at radius 1 is 1.57 bits per heavy atom. The van der Waals surface area contributed by atoms with Crippen LogP contribution in [0.1, 0.15) is 13.8 Å². The van der Waals surface area contributed by atoms with Gasteiger partial charge in [0.25, 0.3) is 0 Å². The summed E-state index contributed by atoms with van der Waals surface area (Å²) in [6.45, 7) is 3.51. The van der Waals surface area contributed by atoms with Crippen LogP contribution in [0.4, 0.5) is 0 Å². The van der Waals surface area contributed by atoms with E-state index in [1.165, 1.54) is 0 Å². The fourth-order valence-corrected chi connectivity index (χ4v) is 1.44. The van der Waals surface area contributed by atoms with Gasteiger partial charge in [0.1, 0.15) is 6.10 Å². The SMILES string of the molecule is COC1C=CC([C@H](C)C(=O)O)OC1C. The molecule has 3 unspecified atom stereocenters. The first-order chi connectivity index (χ1) is 6.56. The highest BCUT2D eigenvalue weighted by Gasteiger charge is 2.29. The van der Waals surface area contributed by atoms with Crippen LogP contribution in [-0.2, 0) is 14.3 Å². The normalized spacial score (nSPS) is 34.1. The van der Waals surface area contributed by atoms with Crippen molar-refractivity contribution < 1.29 is 19.4 Å². The van der Waals surface area contributed by atoms with Crippen molar-refractivity contribution in [3.8, 4) is 0 Å². The molecule has 0 saturated carbocycles. The van der Waals surface area contributed by atoms with Gasteiger partial charge in [0.15, 0.2) is 0 Å². The number of aliphatic carboxylic acids is 1. The number of hydrogen-bond donors (Lipinski definition) is 1. The Kier molecular flexibility index (Phi) is 3.66. The zero-order chi connectivity index (χ0) is 10.7. The maximum atomic E-state index is 10.7. The third-order valence-corrected chi connectivity index (χ3v) is 2.48. The molecule has 0 bridgehead atoms. The number of ether oxygens (including phenoxy) is 2. The number of rotatable bonds is 3. The molecule has 0 fully saturated rings. The summed E-state index contributed by atoms with van der Waals surface area (Å²) in [5.41, 5.74) is 0. The van der Waals surface area contributed by atoms with E-state index in [0.29, 0.717) is 0 Å². The topological polar surface area (TPSA) is 55.8 Å². The molecule has 1 rings (SSSR count). The molecule has 0 aliphatic carbocycles. The summed E-state index contributed by atoms with van der Waals surface area (Å²) in [6, 6.07) is 0. The molecule has 14 heavy (non-hydrogen) atoms. The lowest BCUT2D eigenvalue weighted by atomic mass is 10.0. The van der Waals surface area contributed by atoms with Crippen LogP contribution in [0.5, 0.6) is 0 Å². The van der Waals surface area contributed by atoms with Crippen molar-refractivity contribution in [1.82, 2.24) is 0 Å². The minimum atomic E-state index is -0.845. The second kappa shape index (κ2) is 4.57. The summed E-state index contributed by atoms with van der Waals surface area (Å²) in [6.07, 6.45) is 3.09. The van der Waals surface area contributed by atoms with Gasteiger partial charge in [0.2, 0.25) is 0 Å². The number of hydrogen-bond acceptors (Lipinski definition) is 3. The maximum Gasteiger partial charge on any atom is 0.309 e. The van der Waals surface area contributed by atoms with Gasteiger partial charge < -0.3 is 14.6 Å². The van der Waals surface area contributed by atoms with Crippen molar-refractivity contribution in [3.05, 3.63) is 12.2 Å². The third kappa shape index (κ3) is 2.33. The standard InChI is InChI=1S/C10H16O4/c1-6(10(11)12)8-4-5-9(13-3)7(2)14-8/h4-9H,1-3H3,(H,11,12)/t6-,7?,8?,9?/m0/s1. The highest BCUT2D eigenvalue weighted by atomic mass is 16.5. The lowest BCUT2D eigenvalue weighted by Gasteiger charge is -2.30. The summed E-state index contributed by atoms with van der Waals surface area (Å²) in [5.74, 6) is -1.37. The van der Waals surface area contributed by atoms with Gasteiger partial charge in [-0.05, 0) is 13.8 Å². The van der Waals surface area contributed by atoms with Crippen LogP contribution in [0.25, 0.3) is 0 Å². The molecule has 1 aliphatic rings. The van der Waals surface area contributed by atoms with E-state index in [1.54, 1.807) is 20.1 Å². The molecule has 0 aromatic carbocycles. The predicted octanol–water partition coefficient (Wildman–Crippen LogP) is 1.07. The van der Waals surface area contributed by atoms with Crippen molar-refractivity contribution in [2.75, 3.05) is 7.11 Å². The molecule has 0 spiro atoms. The van der Waals surface area contributed by atoms with E-state index in [4.69, 9.17) is 14.6 Å². The van der Waals surface area contributed by atoms with Gasteiger partial charge in [-0.25, -0.2) is 0 Å². The molecule has 0 saturated heterocycles. The Labute approximate surface area is 83.5 Å². The Balaban J connectivity index is 2.64. The average Bonchev–Trinajstić information content (AvgIpc) is 2.16. The second-order valence-corrected chi connectivity index (χ2v) is 3.52. The molecule has 4 nitrogen and oxygen atoms in total.